The van der Waals surface area contributed by atoms with E-state index in [9.17, 15) is 0 Å². The number of hydrogen-bond donors (Lipinski definition) is 0. The highest BCUT2D eigenvalue weighted by Gasteiger charge is 2.18. The highest BCUT2D eigenvalue weighted by molar-refractivity contribution is 7.22. The normalized spacial score (nSPS) is 13.7. The van der Waals surface area contributed by atoms with Gasteiger partial charge < -0.3 is 18.9 Å². The van der Waals surface area contributed by atoms with Crippen molar-refractivity contribution in [2.24, 2.45) is 0 Å². The molecule has 0 amide bonds. The molecule has 0 aliphatic carbocycles. The second kappa shape index (κ2) is 13.1. The van der Waals surface area contributed by atoms with Crippen LogP contribution in [0.3, 0.4) is 0 Å². The number of benzene rings is 4. The number of fused-ring (bicyclic) bond motifs is 1. The first-order valence-electron chi connectivity index (χ1n) is 14.3. The van der Waals surface area contributed by atoms with Gasteiger partial charge in [0.1, 0.15) is 30.5 Å². The molecule has 1 aliphatic rings. The number of nitrogens with zero attached hydrogens (tertiary/aromatic N) is 1. The lowest BCUT2D eigenvalue weighted by atomic mass is 10.1. The fourth-order valence-electron chi connectivity index (χ4n) is 5.15. The Kier molecular flexibility index (Phi) is 8.69. The number of hydrogen-bond acceptors (Lipinski definition) is 6. The standard InChI is InChI=1S/C35H35NO4S/c1-37-32-24-31(39-25-26-10-4-2-5-11-26)30(35-22-27-12-6-7-13-34(27)41-35)23-33(32)40-29-16-14-28(15-17-29)38-21-20-36-18-8-3-9-19-36/h2,4-7,10-17,22-24H,3,8-9,18-21,25H2,1H3. The van der Waals surface area contributed by atoms with Gasteiger partial charge in [0.05, 0.1) is 7.11 Å². The Morgan fingerprint density at radius 2 is 1.46 bits per heavy atom. The van der Waals surface area contributed by atoms with Crippen molar-refractivity contribution in [1.82, 2.24) is 4.90 Å². The summed E-state index contributed by atoms with van der Waals surface area (Å²) in [6, 6.07) is 32.5. The van der Waals surface area contributed by atoms with E-state index < -0.39 is 0 Å². The Morgan fingerprint density at radius 1 is 0.707 bits per heavy atom. The molecule has 0 saturated carbocycles. The van der Waals surface area contributed by atoms with E-state index in [-0.39, 0.29) is 0 Å². The molecular formula is C35H35NO4S. The summed E-state index contributed by atoms with van der Waals surface area (Å²) in [5.41, 5.74) is 2.07. The SMILES string of the molecule is COc1cc(OCc2ccccc2)c(-c2cc3ccccc3s2)cc1Oc1ccc(OCCN2CCCCC2)cc1. The van der Waals surface area contributed by atoms with Gasteiger partial charge in [-0.3, -0.25) is 4.90 Å². The Morgan fingerprint density at radius 3 is 2.24 bits per heavy atom. The Labute approximate surface area is 245 Å². The summed E-state index contributed by atoms with van der Waals surface area (Å²) in [7, 11) is 1.65. The monoisotopic (exact) mass is 565 g/mol. The molecule has 5 nitrogen and oxygen atoms in total. The maximum Gasteiger partial charge on any atom is 0.170 e. The molecule has 6 heteroatoms. The van der Waals surface area contributed by atoms with E-state index in [2.05, 4.69) is 47.4 Å². The van der Waals surface area contributed by atoms with Gasteiger partial charge in [-0.15, -0.1) is 11.3 Å². The molecule has 41 heavy (non-hydrogen) atoms. The third-order valence-electron chi connectivity index (χ3n) is 7.37. The summed E-state index contributed by atoms with van der Waals surface area (Å²) in [4.78, 5) is 3.59. The Bertz CT molecular complexity index is 1530. The lowest BCUT2D eigenvalue weighted by Gasteiger charge is -2.26. The molecule has 210 valence electrons. The number of rotatable bonds is 11. The fraction of sp³-hybridized carbons (Fsp3) is 0.257. The molecule has 1 saturated heterocycles. The molecule has 1 aromatic heterocycles. The van der Waals surface area contributed by atoms with Crippen LogP contribution in [0, 0.1) is 0 Å². The van der Waals surface area contributed by atoms with Gasteiger partial charge in [-0.2, -0.15) is 0 Å². The van der Waals surface area contributed by atoms with Gasteiger partial charge in [-0.25, -0.2) is 0 Å². The van der Waals surface area contributed by atoms with Crippen molar-refractivity contribution in [3.05, 3.63) is 103 Å². The van der Waals surface area contributed by atoms with E-state index in [4.69, 9.17) is 18.9 Å². The van der Waals surface area contributed by atoms with Gasteiger partial charge in [-0.05, 0) is 79.3 Å². The summed E-state index contributed by atoms with van der Waals surface area (Å²) in [5.74, 6) is 3.55. The zero-order valence-corrected chi connectivity index (χ0v) is 24.2. The summed E-state index contributed by atoms with van der Waals surface area (Å²) in [6.45, 7) is 4.47. The molecular weight excluding hydrogens is 530 g/mol. The van der Waals surface area contributed by atoms with E-state index >= 15 is 0 Å². The smallest absolute Gasteiger partial charge is 0.170 e. The lowest BCUT2D eigenvalue weighted by Crippen LogP contribution is -2.33. The van der Waals surface area contributed by atoms with Crippen LogP contribution in [0.1, 0.15) is 24.8 Å². The lowest BCUT2D eigenvalue weighted by molar-refractivity contribution is 0.183. The van der Waals surface area contributed by atoms with Crippen LogP contribution in [0.15, 0.2) is 97.1 Å². The minimum atomic E-state index is 0.460. The largest absolute Gasteiger partial charge is 0.493 e. The molecule has 0 bridgehead atoms. The van der Waals surface area contributed by atoms with Gasteiger partial charge in [0, 0.05) is 27.8 Å². The first-order valence-corrected chi connectivity index (χ1v) is 15.1. The fourth-order valence-corrected chi connectivity index (χ4v) is 6.23. The number of methoxy groups -OCH3 is 1. The van der Waals surface area contributed by atoms with Crippen molar-refractivity contribution in [2.45, 2.75) is 25.9 Å². The Balaban J connectivity index is 1.22. The molecule has 0 unspecified atom stereocenters. The van der Waals surface area contributed by atoms with E-state index in [0.29, 0.717) is 30.5 Å². The zero-order valence-electron chi connectivity index (χ0n) is 23.4. The topological polar surface area (TPSA) is 40.2 Å². The highest BCUT2D eigenvalue weighted by Crippen LogP contribution is 2.45. The summed E-state index contributed by atoms with van der Waals surface area (Å²) < 4.78 is 25.7. The minimum absolute atomic E-state index is 0.460. The van der Waals surface area contributed by atoms with Gasteiger partial charge in [0.2, 0.25) is 0 Å². The van der Waals surface area contributed by atoms with Gasteiger partial charge in [0.25, 0.3) is 0 Å². The molecule has 5 aromatic rings. The molecule has 0 N–H and O–H groups in total. The van der Waals surface area contributed by atoms with Crippen molar-refractivity contribution in [3.8, 4) is 39.2 Å². The minimum Gasteiger partial charge on any atom is -0.493 e. The Hall–Kier alpha value is -4.00. The van der Waals surface area contributed by atoms with Crippen LogP contribution >= 0.6 is 11.3 Å². The number of ether oxygens (including phenoxy) is 4. The van der Waals surface area contributed by atoms with Gasteiger partial charge in [-0.1, -0.05) is 55.0 Å². The molecule has 0 radical (unpaired) electrons. The molecule has 1 aliphatic heterocycles. The first kappa shape index (κ1) is 27.2. The van der Waals surface area contributed by atoms with Crippen molar-refractivity contribution >= 4 is 21.4 Å². The van der Waals surface area contributed by atoms with Crippen LogP contribution < -0.4 is 18.9 Å². The van der Waals surface area contributed by atoms with Crippen LogP contribution in [-0.2, 0) is 6.61 Å². The molecule has 6 rings (SSSR count). The maximum absolute atomic E-state index is 6.37. The van der Waals surface area contributed by atoms with E-state index in [1.54, 1.807) is 18.4 Å². The van der Waals surface area contributed by atoms with E-state index in [0.717, 1.165) is 34.0 Å². The summed E-state index contributed by atoms with van der Waals surface area (Å²) in [5, 5.41) is 1.20. The number of piperidine rings is 1. The molecule has 2 heterocycles. The molecule has 1 fully saturated rings. The zero-order chi connectivity index (χ0) is 27.9. The second-order valence-corrected chi connectivity index (χ2v) is 11.3. The van der Waals surface area contributed by atoms with Crippen molar-refractivity contribution < 1.29 is 18.9 Å². The van der Waals surface area contributed by atoms with Crippen LogP contribution in [0.2, 0.25) is 0 Å². The predicted octanol–water partition coefficient (Wildman–Crippen LogP) is 8.81. The van der Waals surface area contributed by atoms with Crippen LogP contribution in [-0.4, -0.2) is 38.3 Å². The average Bonchev–Trinajstić information content (AvgIpc) is 3.46. The molecule has 0 spiro atoms. The third kappa shape index (κ3) is 6.84. The second-order valence-electron chi connectivity index (χ2n) is 10.2. The quantitative estimate of drug-likeness (QED) is 0.160. The summed E-state index contributed by atoms with van der Waals surface area (Å²) in [6.07, 6.45) is 3.93. The van der Waals surface area contributed by atoms with Gasteiger partial charge >= 0.3 is 0 Å². The van der Waals surface area contributed by atoms with E-state index in [1.807, 2.05) is 54.6 Å². The third-order valence-corrected chi connectivity index (χ3v) is 8.52. The van der Waals surface area contributed by atoms with Crippen molar-refractivity contribution in [1.29, 1.82) is 0 Å². The predicted molar refractivity (Wildman–Crippen MR) is 167 cm³/mol. The van der Waals surface area contributed by atoms with Crippen molar-refractivity contribution in [3.63, 3.8) is 0 Å². The number of likely N-dealkylation sites (tertiary alicyclic amines) is 1. The highest BCUT2D eigenvalue weighted by atomic mass is 32.1. The molecule has 0 atom stereocenters. The maximum atomic E-state index is 6.37. The van der Waals surface area contributed by atoms with Crippen LogP contribution in [0.4, 0.5) is 0 Å². The average molecular weight is 566 g/mol. The summed E-state index contributed by atoms with van der Waals surface area (Å²) >= 11 is 1.74. The van der Waals surface area contributed by atoms with Crippen LogP contribution in [0.5, 0.6) is 28.7 Å². The molecule has 4 aromatic carbocycles. The number of thiophene rings is 1. The first-order chi connectivity index (χ1) is 20.2. The van der Waals surface area contributed by atoms with E-state index in [1.165, 1.54) is 42.4 Å². The van der Waals surface area contributed by atoms with Crippen molar-refractivity contribution in [2.75, 3.05) is 33.4 Å². The van der Waals surface area contributed by atoms with Gasteiger partial charge in [0.15, 0.2) is 11.5 Å². The van der Waals surface area contributed by atoms with Crippen LogP contribution in [0.25, 0.3) is 20.5 Å².